The zero-order valence-electron chi connectivity index (χ0n) is 10.3. The summed E-state index contributed by atoms with van der Waals surface area (Å²) in [6.07, 6.45) is 0.616. The van der Waals surface area contributed by atoms with E-state index in [0.29, 0.717) is 12.0 Å². The third-order valence-corrected chi connectivity index (χ3v) is 4.46. The molecule has 0 radical (unpaired) electrons. The van der Waals surface area contributed by atoms with Crippen molar-refractivity contribution < 1.29 is 8.78 Å². The van der Waals surface area contributed by atoms with Gasteiger partial charge < -0.3 is 0 Å². The lowest BCUT2D eigenvalue weighted by atomic mass is 10.0. The van der Waals surface area contributed by atoms with Gasteiger partial charge in [-0.3, -0.25) is 0 Å². The van der Waals surface area contributed by atoms with E-state index in [1.807, 2.05) is 31.2 Å². The van der Waals surface area contributed by atoms with E-state index >= 15 is 0 Å². The van der Waals surface area contributed by atoms with Gasteiger partial charge in [-0.1, -0.05) is 40.2 Å². The minimum absolute atomic E-state index is 0.143. The second kappa shape index (κ2) is 6.14. The maximum Gasteiger partial charge on any atom is 0.137 e. The van der Waals surface area contributed by atoms with E-state index in [1.165, 1.54) is 6.07 Å². The van der Waals surface area contributed by atoms with E-state index in [1.54, 1.807) is 0 Å². The molecule has 1 unspecified atom stereocenters. The SMILES string of the molecule is Cc1ccccc1CC(Br)c1cc(F)c(Br)cc1F. The molecule has 1 atom stereocenters. The predicted octanol–water partition coefficient (Wildman–Crippen LogP) is 5.71. The summed E-state index contributed by atoms with van der Waals surface area (Å²) >= 11 is 6.42. The number of benzene rings is 2. The first kappa shape index (κ1) is 14.7. The lowest BCUT2D eigenvalue weighted by molar-refractivity contribution is 0.578. The van der Waals surface area contributed by atoms with Crippen LogP contribution < -0.4 is 0 Å². The van der Waals surface area contributed by atoms with Crippen LogP contribution in [0.25, 0.3) is 0 Å². The van der Waals surface area contributed by atoms with Crippen molar-refractivity contribution in [1.29, 1.82) is 0 Å². The van der Waals surface area contributed by atoms with Crippen LogP contribution in [0.3, 0.4) is 0 Å². The topological polar surface area (TPSA) is 0 Å². The fourth-order valence-electron chi connectivity index (χ4n) is 1.92. The van der Waals surface area contributed by atoms with E-state index in [9.17, 15) is 8.78 Å². The molecule has 0 spiro atoms. The van der Waals surface area contributed by atoms with Crippen molar-refractivity contribution in [3.8, 4) is 0 Å². The van der Waals surface area contributed by atoms with Crippen LogP contribution in [0.1, 0.15) is 21.5 Å². The molecule has 0 aliphatic rings. The molecule has 0 saturated heterocycles. The third kappa shape index (κ3) is 3.42. The van der Waals surface area contributed by atoms with Crippen LogP contribution >= 0.6 is 31.9 Å². The molecule has 19 heavy (non-hydrogen) atoms. The zero-order valence-corrected chi connectivity index (χ0v) is 13.4. The minimum atomic E-state index is -0.453. The molecule has 0 nitrogen and oxygen atoms in total. The van der Waals surface area contributed by atoms with Gasteiger partial charge in [-0.25, -0.2) is 8.78 Å². The second-order valence-electron chi connectivity index (χ2n) is 4.39. The van der Waals surface area contributed by atoms with Gasteiger partial charge in [0.2, 0.25) is 0 Å². The molecular weight excluding hydrogens is 378 g/mol. The maximum atomic E-state index is 13.9. The largest absolute Gasteiger partial charge is 0.207 e. The Bertz CT molecular complexity index is 597. The van der Waals surface area contributed by atoms with E-state index in [4.69, 9.17) is 0 Å². The molecule has 0 aliphatic heterocycles. The Morgan fingerprint density at radius 2 is 1.79 bits per heavy atom. The van der Waals surface area contributed by atoms with E-state index in [0.717, 1.165) is 17.2 Å². The van der Waals surface area contributed by atoms with Gasteiger partial charge in [0.25, 0.3) is 0 Å². The van der Waals surface area contributed by atoms with Crippen LogP contribution in [0.4, 0.5) is 8.78 Å². The lowest BCUT2D eigenvalue weighted by Crippen LogP contribution is -2.01. The molecule has 0 N–H and O–H groups in total. The summed E-state index contributed by atoms with van der Waals surface area (Å²) in [7, 11) is 0. The van der Waals surface area contributed by atoms with Crippen molar-refractivity contribution in [3.05, 3.63) is 69.2 Å². The van der Waals surface area contributed by atoms with Gasteiger partial charge in [-0.05, 0) is 52.5 Å². The summed E-state index contributed by atoms with van der Waals surface area (Å²) in [5.74, 6) is -0.866. The smallest absolute Gasteiger partial charge is 0.137 e. The van der Waals surface area contributed by atoms with Gasteiger partial charge >= 0.3 is 0 Å². The van der Waals surface area contributed by atoms with Crippen molar-refractivity contribution in [1.82, 2.24) is 0 Å². The van der Waals surface area contributed by atoms with Gasteiger partial charge in [0.05, 0.1) is 4.47 Å². The van der Waals surface area contributed by atoms with Crippen molar-refractivity contribution in [3.63, 3.8) is 0 Å². The number of rotatable bonds is 3. The Morgan fingerprint density at radius 3 is 2.47 bits per heavy atom. The highest BCUT2D eigenvalue weighted by Gasteiger charge is 2.16. The Hall–Kier alpha value is -0.740. The highest BCUT2D eigenvalue weighted by atomic mass is 79.9. The average Bonchev–Trinajstić information content (AvgIpc) is 2.36. The van der Waals surface area contributed by atoms with Crippen LogP contribution in [0.2, 0.25) is 0 Å². The highest BCUT2D eigenvalue weighted by Crippen LogP contribution is 2.32. The molecular formula is C15H12Br2F2. The summed E-state index contributed by atoms with van der Waals surface area (Å²) in [6, 6.07) is 10.3. The maximum absolute atomic E-state index is 13.9. The Labute approximate surface area is 128 Å². The number of alkyl halides is 1. The summed E-state index contributed by atoms with van der Waals surface area (Å²) in [4.78, 5) is -0.254. The summed E-state index contributed by atoms with van der Waals surface area (Å²) in [6.45, 7) is 2.01. The van der Waals surface area contributed by atoms with Crippen LogP contribution in [-0.4, -0.2) is 0 Å². The minimum Gasteiger partial charge on any atom is -0.207 e. The molecule has 2 aromatic carbocycles. The summed E-state index contributed by atoms with van der Waals surface area (Å²) in [5.41, 5.74) is 2.60. The predicted molar refractivity (Wildman–Crippen MR) is 80.6 cm³/mol. The molecule has 0 bridgehead atoms. The quantitative estimate of drug-likeness (QED) is 0.465. The van der Waals surface area contributed by atoms with Crippen LogP contribution in [-0.2, 0) is 6.42 Å². The van der Waals surface area contributed by atoms with Crippen molar-refractivity contribution in [2.45, 2.75) is 18.2 Å². The second-order valence-corrected chi connectivity index (χ2v) is 6.35. The van der Waals surface area contributed by atoms with Crippen molar-refractivity contribution in [2.24, 2.45) is 0 Å². The molecule has 2 aromatic rings. The van der Waals surface area contributed by atoms with Crippen molar-refractivity contribution in [2.75, 3.05) is 0 Å². The first-order valence-electron chi connectivity index (χ1n) is 5.82. The van der Waals surface area contributed by atoms with E-state index in [-0.39, 0.29) is 9.30 Å². The molecule has 0 heterocycles. The van der Waals surface area contributed by atoms with Crippen molar-refractivity contribution >= 4 is 31.9 Å². The molecule has 0 amide bonds. The molecule has 4 heteroatoms. The van der Waals surface area contributed by atoms with Crippen LogP contribution in [0.15, 0.2) is 40.9 Å². The molecule has 100 valence electrons. The zero-order chi connectivity index (χ0) is 14.0. The summed E-state index contributed by atoms with van der Waals surface area (Å²) < 4.78 is 27.5. The Kier molecular flexibility index (Phi) is 4.74. The van der Waals surface area contributed by atoms with Gasteiger partial charge in [-0.2, -0.15) is 0 Å². The summed E-state index contributed by atoms with van der Waals surface area (Å²) in [5, 5.41) is 0. The van der Waals surface area contributed by atoms with Crippen LogP contribution in [0.5, 0.6) is 0 Å². The molecule has 0 aromatic heterocycles. The Morgan fingerprint density at radius 1 is 1.11 bits per heavy atom. The average molecular weight is 390 g/mol. The molecule has 0 aliphatic carbocycles. The first-order valence-corrected chi connectivity index (χ1v) is 7.53. The standard InChI is InChI=1S/C15H12Br2F2/c1-9-4-2-3-5-10(9)6-12(16)11-7-15(19)13(17)8-14(11)18/h2-5,7-8,12H,6H2,1H3. The van der Waals surface area contributed by atoms with Gasteiger partial charge in [0.1, 0.15) is 11.6 Å². The molecule has 0 fully saturated rings. The highest BCUT2D eigenvalue weighted by molar-refractivity contribution is 9.10. The van der Waals surface area contributed by atoms with Gasteiger partial charge in [0.15, 0.2) is 0 Å². The molecule has 2 rings (SSSR count). The van der Waals surface area contributed by atoms with E-state index < -0.39 is 11.6 Å². The normalized spacial score (nSPS) is 12.5. The number of aryl methyl sites for hydroxylation is 1. The Balaban J connectivity index is 2.28. The third-order valence-electron chi connectivity index (χ3n) is 3.04. The van der Waals surface area contributed by atoms with Gasteiger partial charge in [0, 0.05) is 10.4 Å². The monoisotopic (exact) mass is 388 g/mol. The van der Waals surface area contributed by atoms with E-state index in [2.05, 4.69) is 31.9 Å². The molecule has 0 saturated carbocycles. The lowest BCUT2D eigenvalue weighted by Gasteiger charge is -2.13. The van der Waals surface area contributed by atoms with Crippen LogP contribution in [0, 0.1) is 18.6 Å². The number of hydrogen-bond acceptors (Lipinski definition) is 0. The fourth-order valence-corrected chi connectivity index (χ4v) is 2.94. The fraction of sp³-hybridized carbons (Fsp3) is 0.200. The van der Waals surface area contributed by atoms with Gasteiger partial charge in [-0.15, -0.1) is 0 Å². The first-order chi connectivity index (χ1) is 8.99. The number of halogens is 4. The number of hydrogen-bond donors (Lipinski definition) is 0.